The molecule has 0 aliphatic rings. The number of carbonyl (C=O) groups excluding carboxylic acids is 1. The van der Waals surface area contributed by atoms with Crippen LogP contribution in [0.4, 0.5) is 5.69 Å². The van der Waals surface area contributed by atoms with Gasteiger partial charge in [0.05, 0.1) is 12.1 Å². The topological polar surface area (TPSA) is 46.3 Å². The van der Waals surface area contributed by atoms with Crippen LogP contribution >= 0.6 is 0 Å². The zero-order valence-corrected chi connectivity index (χ0v) is 9.44. The molecule has 0 unspecified atom stereocenters. The molecular weight excluding hydrogens is 200 g/mol. The van der Waals surface area contributed by atoms with Crippen LogP contribution < -0.4 is 5.73 Å². The Kier molecular flexibility index (Phi) is 4.41. The van der Waals surface area contributed by atoms with E-state index in [9.17, 15) is 4.79 Å². The number of benzene rings is 1. The molecule has 0 radical (unpaired) electrons. The number of nitrogens with two attached hydrogens (primary N) is 1. The van der Waals surface area contributed by atoms with Crippen LogP contribution in [-0.4, -0.2) is 23.9 Å². The van der Waals surface area contributed by atoms with Gasteiger partial charge in [0.1, 0.15) is 0 Å². The minimum atomic E-state index is -0.0992. The molecule has 2 N–H and O–H groups in total. The van der Waals surface area contributed by atoms with Crippen LogP contribution in [0.3, 0.4) is 0 Å². The summed E-state index contributed by atoms with van der Waals surface area (Å²) in [5.41, 5.74) is 6.76. The fourth-order valence-electron chi connectivity index (χ4n) is 1.49. The van der Waals surface area contributed by atoms with E-state index in [1.54, 1.807) is 29.2 Å². The maximum Gasteiger partial charge on any atom is 0.256 e. The molecule has 0 spiro atoms. The fourth-order valence-corrected chi connectivity index (χ4v) is 1.49. The maximum absolute atomic E-state index is 12.1. The van der Waals surface area contributed by atoms with E-state index in [4.69, 9.17) is 12.2 Å². The Labute approximate surface area is 96.2 Å². The predicted molar refractivity (Wildman–Crippen MR) is 65.9 cm³/mol. The quantitative estimate of drug-likeness (QED) is 0.615. The van der Waals surface area contributed by atoms with Crippen LogP contribution in [0, 0.1) is 12.3 Å². The fraction of sp³-hybridized carbons (Fsp3) is 0.308. The molecule has 0 aliphatic carbocycles. The van der Waals surface area contributed by atoms with Gasteiger partial charge in [-0.3, -0.25) is 4.79 Å². The molecule has 0 fully saturated rings. The van der Waals surface area contributed by atoms with E-state index in [0.29, 0.717) is 24.3 Å². The summed E-state index contributed by atoms with van der Waals surface area (Å²) in [6.07, 6.45) is 6.11. The predicted octanol–water partition coefficient (Wildman–Crippen LogP) is 1.75. The van der Waals surface area contributed by atoms with Crippen molar-refractivity contribution in [1.29, 1.82) is 0 Å². The van der Waals surface area contributed by atoms with Crippen molar-refractivity contribution in [2.75, 3.05) is 18.8 Å². The summed E-state index contributed by atoms with van der Waals surface area (Å²) in [6.45, 7) is 2.98. The van der Waals surface area contributed by atoms with Gasteiger partial charge >= 0.3 is 0 Å². The number of hydrogen-bond donors (Lipinski definition) is 1. The number of nitrogens with zero attached hydrogens (tertiary/aromatic N) is 1. The van der Waals surface area contributed by atoms with E-state index >= 15 is 0 Å². The van der Waals surface area contributed by atoms with E-state index in [0.717, 1.165) is 6.42 Å². The number of terminal acetylenes is 1. The van der Waals surface area contributed by atoms with Crippen molar-refractivity contribution in [3.63, 3.8) is 0 Å². The summed E-state index contributed by atoms with van der Waals surface area (Å²) >= 11 is 0. The second-order valence-corrected chi connectivity index (χ2v) is 3.52. The molecule has 1 aromatic rings. The second-order valence-electron chi connectivity index (χ2n) is 3.52. The van der Waals surface area contributed by atoms with Crippen LogP contribution in [-0.2, 0) is 0 Å². The van der Waals surface area contributed by atoms with Crippen molar-refractivity contribution in [3.05, 3.63) is 29.8 Å². The summed E-state index contributed by atoms with van der Waals surface area (Å²) in [6, 6.07) is 7.03. The molecule has 16 heavy (non-hydrogen) atoms. The molecule has 0 bridgehead atoms. The van der Waals surface area contributed by atoms with Gasteiger partial charge in [-0.1, -0.05) is 25.0 Å². The number of amides is 1. The third-order valence-corrected chi connectivity index (χ3v) is 2.25. The highest BCUT2D eigenvalue weighted by Gasteiger charge is 2.15. The summed E-state index contributed by atoms with van der Waals surface area (Å²) in [7, 11) is 0. The van der Waals surface area contributed by atoms with Gasteiger partial charge in [-0.05, 0) is 18.6 Å². The Morgan fingerprint density at radius 1 is 1.50 bits per heavy atom. The number of hydrogen-bond acceptors (Lipinski definition) is 2. The van der Waals surface area contributed by atoms with E-state index < -0.39 is 0 Å². The molecule has 3 nitrogen and oxygen atoms in total. The first-order chi connectivity index (χ1) is 7.70. The second kappa shape index (κ2) is 5.82. The third-order valence-electron chi connectivity index (χ3n) is 2.25. The van der Waals surface area contributed by atoms with Crippen molar-refractivity contribution >= 4 is 11.6 Å². The van der Waals surface area contributed by atoms with Gasteiger partial charge in [-0.25, -0.2) is 0 Å². The van der Waals surface area contributed by atoms with Gasteiger partial charge in [0, 0.05) is 12.2 Å². The number of anilines is 1. The molecule has 0 aliphatic heterocycles. The van der Waals surface area contributed by atoms with Crippen molar-refractivity contribution < 1.29 is 4.79 Å². The maximum atomic E-state index is 12.1. The highest BCUT2D eigenvalue weighted by molar-refractivity contribution is 5.99. The van der Waals surface area contributed by atoms with Gasteiger partial charge in [0.25, 0.3) is 5.91 Å². The monoisotopic (exact) mass is 216 g/mol. The summed E-state index contributed by atoms with van der Waals surface area (Å²) in [5, 5.41) is 0. The molecule has 0 atom stereocenters. The Bertz CT molecular complexity index is 407. The van der Waals surface area contributed by atoms with Gasteiger partial charge in [0.15, 0.2) is 0 Å². The Morgan fingerprint density at radius 2 is 2.19 bits per heavy atom. The normalized spacial score (nSPS) is 9.50. The van der Waals surface area contributed by atoms with Crippen LogP contribution in [0.2, 0.25) is 0 Å². The molecule has 3 heteroatoms. The van der Waals surface area contributed by atoms with Crippen LogP contribution in [0.5, 0.6) is 0 Å². The first-order valence-electron chi connectivity index (χ1n) is 5.28. The lowest BCUT2D eigenvalue weighted by Gasteiger charge is -2.20. The van der Waals surface area contributed by atoms with Gasteiger partial charge < -0.3 is 10.6 Å². The lowest BCUT2D eigenvalue weighted by atomic mass is 10.1. The highest BCUT2D eigenvalue weighted by Crippen LogP contribution is 2.13. The number of rotatable bonds is 4. The minimum Gasteiger partial charge on any atom is -0.398 e. The summed E-state index contributed by atoms with van der Waals surface area (Å²) < 4.78 is 0. The van der Waals surface area contributed by atoms with E-state index in [1.807, 2.05) is 6.92 Å². The first kappa shape index (κ1) is 12.1. The smallest absolute Gasteiger partial charge is 0.256 e. The highest BCUT2D eigenvalue weighted by atomic mass is 16.2. The van der Waals surface area contributed by atoms with E-state index in [1.165, 1.54) is 0 Å². The Hall–Kier alpha value is -1.95. The Morgan fingerprint density at radius 3 is 2.75 bits per heavy atom. The van der Waals surface area contributed by atoms with Crippen molar-refractivity contribution in [2.45, 2.75) is 13.3 Å². The SMILES string of the molecule is C#CCN(CCC)C(=O)c1ccccc1N. The number of para-hydroxylation sites is 1. The Balaban J connectivity index is 2.91. The summed E-state index contributed by atoms with van der Waals surface area (Å²) in [5.74, 6) is 2.39. The molecule has 1 aromatic carbocycles. The molecule has 0 saturated heterocycles. The lowest BCUT2D eigenvalue weighted by Crippen LogP contribution is -2.32. The van der Waals surface area contributed by atoms with Gasteiger partial charge in [0.2, 0.25) is 0 Å². The molecule has 84 valence electrons. The largest absolute Gasteiger partial charge is 0.398 e. The zero-order valence-electron chi connectivity index (χ0n) is 9.44. The van der Waals surface area contributed by atoms with Crippen molar-refractivity contribution in [2.24, 2.45) is 0 Å². The van der Waals surface area contributed by atoms with Crippen LogP contribution in [0.1, 0.15) is 23.7 Å². The lowest BCUT2D eigenvalue weighted by molar-refractivity contribution is 0.0778. The minimum absolute atomic E-state index is 0.0992. The third kappa shape index (κ3) is 2.77. The molecule has 1 amide bonds. The standard InChI is InChI=1S/C13H16N2O/c1-3-9-15(10-4-2)13(16)11-7-5-6-8-12(11)14/h1,5-8H,4,9-10,14H2,2H3. The molecule has 0 aromatic heterocycles. The van der Waals surface area contributed by atoms with E-state index in [-0.39, 0.29) is 5.91 Å². The molecule has 0 saturated carbocycles. The van der Waals surface area contributed by atoms with Crippen LogP contribution in [0.15, 0.2) is 24.3 Å². The van der Waals surface area contributed by atoms with Crippen LogP contribution in [0.25, 0.3) is 0 Å². The summed E-state index contributed by atoms with van der Waals surface area (Å²) in [4.78, 5) is 13.7. The van der Waals surface area contributed by atoms with Gasteiger partial charge in [-0.15, -0.1) is 6.42 Å². The first-order valence-corrected chi connectivity index (χ1v) is 5.28. The van der Waals surface area contributed by atoms with E-state index in [2.05, 4.69) is 5.92 Å². The van der Waals surface area contributed by atoms with Crippen molar-refractivity contribution in [3.8, 4) is 12.3 Å². The van der Waals surface area contributed by atoms with Gasteiger partial charge in [-0.2, -0.15) is 0 Å². The zero-order chi connectivity index (χ0) is 12.0. The average molecular weight is 216 g/mol. The number of nitrogen functional groups attached to an aromatic ring is 1. The molecule has 1 rings (SSSR count). The number of carbonyl (C=O) groups is 1. The molecular formula is C13H16N2O. The average Bonchev–Trinajstić information content (AvgIpc) is 2.28. The van der Waals surface area contributed by atoms with Crippen molar-refractivity contribution in [1.82, 2.24) is 4.90 Å². The molecule has 0 heterocycles.